The molecule has 0 spiro atoms. The molecular formula is C19H25NO3. The van der Waals surface area contributed by atoms with Crippen molar-refractivity contribution in [1.82, 2.24) is 4.90 Å². The maximum atomic E-state index is 12.4. The summed E-state index contributed by atoms with van der Waals surface area (Å²) in [6.45, 7) is 2.92. The summed E-state index contributed by atoms with van der Waals surface area (Å²) in [4.78, 5) is 27.1. The SMILES string of the molecule is CCOC(=O)[C@H]1C[C@H]2C(=O)CCCC[C@H]2N1Cc1ccccc1. The van der Waals surface area contributed by atoms with Crippen LogP contribution < -0.4 is 0 Å². The van der Waals surface area contributed by atoms with E-state index in [1.54, 1.807) is 0 Å². The molecule has 0 bridgehead atoms. The van der Waals surface area contributed by atoms with Gasteiger partial charge in [-0.2, -0.15) is 0 Å². The van der Waals surface area contributed by atoms with Gasteiger partial charge >= 0.3 is 5.97 Å². The van der Waals surface area contributed by atoms with Gasteiger partial charge in [-0.15, -0.1) is 0 Å². The molecule has 0 radical (unpaired) electrons. The molecule has 4 nitrogen and oxygen atoms in total. The third-order valence-electron chi connectivity index (χ3n) is 5.12. The molecule has 1 aliphatic heterocycles. The maximum Gasteiger partial charge on any atom is 0.323 e. The number of benzene rings is 1. The van der Waals surface area contributed by atoms with Crippen LogP contribution in [0.3, 0.4) is 0 Å². The summed E-state index contributed by atoms with van der Waals surface area (Å²) in [6, 6.07) is 10.1. The van der Waals surface area contributed by atoms with E-state index in [0.717, 1.165) is 19.3 Å². The van der Waals surface area contributed by atoms with Gasteiger partial charge in [-0.3, -0.25) is 14.5 Å². The quantitative estimate of drug-likeness (QED) is 0.802. The van der Waals surface area contributed by atoms with Crippen molar-refractivity contribution in [3.8, 4) is 0 Å². The molecule has 23 heavy (non-hydrogen) atoms. The van der Waals surface area contributed by atoms with E-state index in [-0.39, 0.29) is 24.0 Å². The lowest BCUT2D eigenvalue weighted by molar-refractivity contribution is -0.149. The number of likely N-dealkylation sites (tertiary alicyclic amines) is 1. The van der Waals surface area contributed by atoms with Crippen LogP contribution in [0, 0.1) is 5.92 Å². The zero-order chi connectivity index (χ0) is 16.2. The summed E-state index contributed by atoms with van der Waals surface area (Å²) in [5, 5.41) is 0. The van der Waals surface area contributed by atoms with Gasteiger partial charge in [0.2, 0.25) is 0 Å². The standard InChI is InChI=1S/C19H25NO3/c1-2-23-19(22)17-12-15-16(10-6-7-11-18(15)21)20(17)13-14-8-4-3-5-9-14/h3-5,8-9,15-17H,2,6-7,10-13H2,1H3/t15-,16-,17-/m1/s1. The molecule has 2 aliphatic rings. The molecule has 3 rings (SSSR count). The number of rotatable bonds is 4. The molecule has 2 fully saturated rings. The number of nitrogens with zero attached hydrogens (tertiary/aromatic N) is 1. The molecule has 1 aromatic rings. The molecule has 1 aromatic carbocycles. The number of ketones is 1. The Labute approximate surface area is 137 Å². The highest BCUT2D eigenvalue weighted by molar-refractivity contribution is 5.85. The molecule has 1 heterocycles. The fourth-order valence-corrected chi connectivity index (χ4v) is 4.04. The molecular weight excluding hydrogens is 290 g/mol. The zero-order valence-electron chi connectivity index (χ0n) is 13.7. The van der Waals surface area contributed by atoms with Gasteiger partial charge in [0.05, 0.1) is 6.61 Å². The summed E-state index contributed by atoms with van der Waals surface area (Å²) in [6.07, 6.45) is 4.33. The Balaban J connectivity index is 1.85. The minimum absolute atomic E-state index is 0.00406. The molecule has 1 saturated heterocycles. The van der Waals surface area contributed by atoms with Gasteiger partial charge in [-0.05, 0) is 31.7 Å². The molecule has 0 unspecified atom stereocenters. The molecule has 0 N–H and O–H groups in total. The van der Waals surface area contributed by atoms with E-state index < -0.39 is 0 Å². The number of carbonyl (C=O) groups is 2. The van der Waals surface area contributed by atoms with Crippen molar-refractivity contribution in [2.45, 2.75) is 57.7 Å². The number of fused-ring (bicyclic) bond motifs is 1. The number of esters is 1. The molecule has 4 heteroatoms. The third kappa shape index (κ3) is 3.47. The van der Waals surface area contributed by atoms with E-state index >= 15 is 0 Å². The van der Waals surface area contributed by atoms with Gasteiger partial charge in [0.1, 0.15) is 11.8 Å². The monoisotopic (exact) mass is 315 g/mol. The minimum atomic E-state index is -0.285. The van der Waals surface area contributed by atoms with Gasteiger partial charge in [0, 0.05) is 24.9 Å². The van der Waals surface area contributed by atoms with E-state index in [0.29, 0.717) is 31.8 Å². The Hall–Kier alpha value is -1.68. The highest BCUT2D eigenvalue weighted by Gasteiger charge is 2.47. The van der Waals surface area contributed by atoms with E-state index in [1.165, 1.54) is 5.56 Å². The van der Waals surface area contributed by atoms with Gasteiger partial charge < -0.3 is 4.74 Å². The smallest absolute Gasteiger partial charge is 0.323 e. The first-order valence-electron chi connectivity index (χ1n) is 8.69. The van der Waals surface area contributed by atoms with Crippen molar-refractivity contribution in [3.63, 3.8) is 0 Å². The molecule has 0 amide bonds. The lowest BCUT2D eigenvalue weighted by Gasteiger charge is -2.29. The van der Waals surface area contributed by atoms with E-state index in [1.807, 2.05) is 25.1 Å². The highest BCUT2D eigenvalue weighted by Crippen LogP contribution is 2.38. The van der Waals surface area contributed by atoms with Crippen molar-refractivity contribution in [2.75, 3.05) is 6.61 Å². The van der Waals surface area contributed by atoms with Gasteiger partial charge in [-0.25, -0.2) is 0 Å². The van der Waals surface area contributed by atoms with Gasteiger partial charge in [-0.1, -0.05) is 36.8 Å². The second-order valence-corrected chi connectivity index (χ2v) is 6.55. The number of ether oxygens (including phenoxy) is 1. The Morgan fingerprint density at radius 3 is 2.78 bits per heavy atom. The fraction of sp³-hybridized carbons (Fsp3) is 0.579. The van der Waals surface area contributed by atoms with Crippen LogP contribution >= 0.6 is 0 Å². The number of Topliss-reactive ketones (excluding diaryl/α,β-unsaturated/α-hetero) is 1. The van der Waals surface area contributed by atoms with Crippen molar-refractivity contribution >= 4 is 11.8 Å². The summed E-state index contributed by atoms with van der Waals surface area (Å²) in [5.74, 6) is 0.150. The largest absolute Gasteiger partial charge is 0.465 e. The van der Waals surface area contributed by atoms with Crippen molar-refractivity contribution < 1.29 is 14.3 Å². The topological polar surface area (TPSA) is 46.6 Å². The van der Waals surface area contributed by atoms with Crippen LogP contribution in [0.2, 0.25) is 0 Å². The van der Waals surface area contributed by atoms with Crippen LogP contribution in [-0.4, -0.2) is 35.3 Å². The lowest BCUT2D eigenvalue weighted by Crippen LogP contribution is -2.42. The molecule has 1 saturated carbocycles. The molecule has 3 atom stereocenters. The summed E-state index contributed by atoms with van der Waals surface area (Å²) in [7, 11) is 0. The average Bonchev–Trinajstić information content (AvgIpc) is 2.81. The van der Waals surface area contributed by atoms with Crippen LogP contribution in [0.1, 0.15) is 44.6 Å². The minimum Gasteiger partial charge on any atom is -0.465 e. The van der Waals surface area contributed by atoms with Crippen LogP contribution in [0.25, 0.3) is 0 Å². The predicted octanol–water partition coefficient (Wildman–Crippen LogP) is 2.95. The van der Waals surface area contributed by atoms with Crippen molar-refractivity contribution in [3.05, 3.63) is 35.9 Å². The maximum absolute atomic E-state index is 12.4. The summed E-state index contributed by atoms with van der Waals surface area (Å²) in [5.41, 5.74) is 1.18. The number of hydrogen-bond donors (Lipinski definition) is 0. The van der Waals surface area contributed by atoms with Crippen LogP contribution in [0.15, 0.2) is 30.3 Å². The number of hydrogen-bond acceptors (Lipinski definition) is 4. The second-order valence-electron chi connectivity index (χ2n) is 6.55. The zero-order valence-corrected chi connectivity index (χ0v) is 13.7. The first-order valence-corrected chi connectivity index (χ1v) is 8.69. The Morgan fingerprint density at radius 2 is 2.04 bits per heavy atom. The Kier molecular flexibility index (Phi) is 5.11. The van der Waals surface area contributed by atoms with Crippen LogP contribution in [0.4, 0.5) is 0 Å². The van der Waals surface area contributed by atoms with Crippen LogP contribution in [-0.2, 0) is 20.9 Å². The first kappa shape index (κ1) is 16.2. The van der Waals surface area contributed by atoms with Gasteiger partial charge in [0.25, 0.3) is 0 Å². The summed E-state index contributed by atoms with van der Waals surface area (Å²) < 4.78 is 5.27. The summed E-state index contributed by atoms with van der Waals surface area (Å²) >= 11 is 0. The Morgan fingerprint density at radius 1 is 1.26 bits per heavy atom. The normalized spacial score (nSPS) is 28.2. The van der Waals surface area contributed by atoms with Crippen molar-refractivity contribution in [1.29, 1.82) is 0 Å². The highest BCUT2D eigenvalue weighted by atomic mass is 16.5. The average molecular weight is 315 g/mol. The molecule has 1 aliphatic carbocycles. The lowest BCUT2D eigenvalue weighted by atomic mass is 9.93. The molecule has 124 valence electrons. The third-order valence-corrected chi connectivity index (χ3v) is 5.12. The fourth-order valence-electron chi connectivity index (χ4n) is 4.04. The van der Waals surface area contributed by atoms with Crippen molar-refractivity contribution in [2.24, 2.45) is 5.92 Å². The first-order chi connectivity index (χ1) is 11.2. The number of carbonyl (C=O) groups excluding carboxylic acids is 2. The van der Waals surface area contributed by atoms with E-state index in [4.69, 9.17) is 4.74 Å². The van der Waals surface area contributed by atoms with E-state index in [9.17, 15) is 9.59 Å². The van der Waals surface area contributed by atoms with Crippen LogP contribution in [0.5, 0.6) is 0 Å². The molecule has 0 aromatic heterocycles. The Bertz CT molecular complexity index is 557. The second kappa shape index (κ2) is 7.26. The predicted molar refractivity (Wildman–Crippen MR) is 87.8 cm³/mol. The van der Waals surface area contributed by atoms with E-state index in [2.05, 4.69) is 17.0 Å². The van der Waals surface area contributed by atoms with Gasteiger partial charge in [0.15, 0.2) is 0 Å².